The number of halogens is 1. The first kappa shape index (κ1) is 18.5. The lowest BCUT2D eigenvalue weighted by molar-refractivity contribution is 0.0941. The Balaban J connectivity index is 1.73. The maximum absolute atomic E-state index is 12.6. The minimum Gasteiger partial charge on any atom is -0.489 e. The highest BCUT2D eigenvalue weighted by molar-refractivity contribution is 6.32. The maximum atomic E-state index is 12.6. The Morgan fingerprint density at radius 2 is 1.92 bits per heavy atom. The summed E-state index contributed by atoms with van der Waals surface area (Å²) >= 11 is 6.28. The Labute approximate surface area is 158 Å². The molecule has 1 amide bonds. The fourth-order valence-corrected chi connectivity index (χ4v) is 3.19. The van der Waals surface area contributed by atoms with Gasteiger partial charge in [-0.2, -0.15) is 0 Å². The lowest BCUT2D eigenvalue weighted by Crippen LogP contribution is -2.34. The van der Waals surface area contributed by atoms with Crippen LogP contribution in [-0.2, 0) is 0 Å². The van der Waals surface area contributed by atoms with Crippen LogP contribution in [0.15, 0.2) is 42.5 Å². The third-order valence-corrected chi connectivity index (χ3v) is 4.61. The van der Waals surface area contributed by atoms with Crippen LogP contribution in [0.1, 0.15) is 28.4 Å². The molecule has 0 fully saturated rings. The van der Waals surface area contributed by atoms with Crippen molar-refractivity contribution in [1.82, 2.24) is 10.2 Å². The molecule has 0 unspecified atom stereocenters. The number of hydrogen-bond donors (Lipinski definition) is 1. The van der Waals surface area contributed by atoms with Crippen molar-refractivity contribution in [3.05, 3.63) is 58.6 Å². The van der Waals surface area contributed by atoms with Crippen LogP contribution in [0, 0.1) is 0 Å². The van der Waals surface area contributed by atoms with E-state index < -0.39 is 0 Å². The lowest BCUT2D eigenvalue weighted by atomic mass is 10.1. The number of fused-ring (bicyclic) bond motifs is 1. The fourth-order valence-electron chi connectivity index (χ4n) is 2.93. The summed E-state index contributed by atoms with van der Waals surface area (Å²) in [6, 6.07) is 13.5. The minimum atomic E-state index is -0.190. The number of carbonyl (C=O) groups excluding carboxylic acids is 1. The molecule has 2 aromatic rings. The zero-order chi connectivity index (χ0) is 18.5. The van der Waals surface area contributed by atoms with Crippen molar-refractivity contribution < 1.29 is 14.3 Å². The molecule has 0 spiro atoms. The van der Waals surface area contributed by atoms with Crippen molar-refractivity contribution in [2.75, 3.05) is 33.9 Å². The molecule has 6 heteroatoms. The van der Waals surface area contributed by atoms with Crippen LogP contribution in [0.4, 0.5) is 0 Å². The van der Waals surface area contributed by atoms with E-state index in [1.165, 1.54) is 0 Å². The summed E-state index contributed by atoms with van der Waals surface area (Å²) in [7, 11) is 3.99. The van der Waals surface area contributed by atoms with E-state index in [-0.39, 0.29) is 11.9 Å². The van der Waals surface area contributed by atoms with Crippen LogP contribution in [0.3, 0.4) is 0 Å². The van der Waals surface area contributed by atoms with Crippen LogP contribution < -0.4 is 14.8 Å². The van der Waals surface area contributed by atoms with Gasteiger partial charge in [-0.3, -0.25) is 4.79 Å². The van der Waals surface area contributed by atoms with Crippen molar-refractivity contribution in [2.24, 2.45) is 0 Å². The van der Waals surface area contributed by atoms with Gasteiger partial charge in [0.1, 0.15) is 0 Å². The van der Waals surface area contributed by atoms with Gasteiger partial charge in [-0.05, 0) is 31.8 Å². The number of benzene rings is 2. The average Bonchev–Trinajstić information content (AvgIpc) is 2.88. The van der Waals surface area contributed by atoms with Gasteiger partial charge in [0, 0.05) is 18.5 Å². The van der Waals surface area contributed by atoms with Crippen LogP contribution in [0.2, 0.25) is 5.02 Å². The molecule has 138 valence electrons. The predicted octanol–water partition coefficient (Wildman–Crippen LogP) is 3.53. The molecule has 1 aliphatic rings. The van der Waals surface area contributed by atoms with E-state index in [4.69, 9.17) is 21.1 Å². The molecular weight excluding hydrogens is 352 g/mol. The van der Waals surface area contributed by atoms with E-state index in [0.717, 1.165) is 12.0 Å². The van der Waals surface area contributed by atoms with Gasteiger partial charge in [0.15, 0.2) is 11.5 Å². The van der Waals surface area contributed by atoms with E-state index in [0.29, 0.717) is 41.8 Å². The highest BCUT2D eigenvalue weighted by atomic mass is 35.5. The number of carbonyl (C=O) groups is 1. The molecule has 26 heavy (non-hydrogen) atoms. The molecule has 3 rings (SSSR count). The zero-order valence-electron chi connectivity index (χ0n) is 15.0. The molecule has 0 saturated heterocycles. The lowest BCUT2D eigenvalue weighted by Gasteiger charge is -2.25. The summed E-state index contributed by atoms with van der Waals surface area (Å²) in [5.74, 6) is 0.842. The van der Waals surface area contributed by atoms with Gasteiger partial charge in [-0.1, -0.05) is 41.9 Å². The topological polar surface area (TPSA) is 50.8 Å². The normalized spacial score (nSPS) is 14.6. The fraction of sp³-hybridized carbons (Fsp3) is 0.350. The van der Waals surface area contributed by atoms with Gasteiger partial charge in [-0.15, -0.1) is 0 Å². The molecule has 0 aliphatic carbocycles. The summed E-state index contributed by atoms with van der Waals surface area (Å²) in [6.45, 7) is 1.59. The summed E-state index contributed by atoms with van der Waals surface area (Å²) in [5, 5.41) is 3.38. The Morgan fingerprint density at radius 3 is 2.65 bits per heavy atom. The van der Waals surface area contributed by atoms with E-state index in [9.17, 15) is 4.79 Å². The third kappa shape index (κ3) is 4.29. The number of hydrogen-bond acceptors (Lipinski definition) is 4. The molecule has 1 aliphatic heterocycles. The van der Waals surface area contributed by atoms with Crippen molar-refractivity contribution in [2.45, 2.75) is 12.5 Å². The first-order valence-corrected chi connectivity index (χ1v) is 9.03. The number of amides is 1. The van der Waals surface area contributed by atoms with Gasteiger partial charge in [0.2, 0.25) is 0 Å². The van der Waals surface area contributed by atoms with Gasteiger partial charge < -0.3 is 19.7 Å². The van der Waals surface area contributed by atoms with E-state index in [1.807, 2.05) is 32.3 Å². The average molecular weight is 375 g/mol. The second-order valence-corrected chi connectivity index (χ2v) is 6.84. The van der Waals surface area contributed by atoms with E-state index in [2.05, 4.69) is 22.3 Å². The van der Waals surface area contributed by atoms with Crippen LogP contribution in [-0.4, -0.2) is 44.7 Å². The van der Waals surface area contributed by atoms with Gasteiger partial charge in [-0.25, -0.2) is 0 Å². The van der Waals surface area contributed by atoms with Crippen LogP contribution >= 0.6 is 11.6 Å². The molecule has 0 bridgehead atoms. The standard InChI is InChI=1S/C20H23ClN2O3/c1-23(2)17(14-7-4-3-5-8-14)13-22-20(24)15-11-16(21)19-18(12-15)25-9-6-10-26-19/h3-5,7-8,11-12,17H,6,9-10,13H2,1-2H3,(H,22,24)/t17-/m0/s1. The molecular formula is C20H23ClN2O3. The van der Waals surface area contributed by atoms with Gasteiger partial charge in [0.05, 0.1) is 24.3 Å². The van der Waals surface area contributed by atoms with Crippen molar-refractivity contribution >= 4 is 17.5 Å². The second-order valence-electron chi connectivity index (χ2n) is 6.44. The first-order valence-electron chi connectivity index (χ1n) is 8.65. The van der Waals surface area contributed by atoms with E-state index >= 15 is 0 Å². The smallest absolute Gasteiger partial charge is 0.251 e. The Kier molecular flexibility index (Phi) is 6.01. The summed E-state index contributed by atoms with van der Waals surface area (Å²) in [5.41, 5.74) is 1.61. The number of ether oxygens (including phenoxy) is 2. The largest absolute Gasteiger partial charge is 0.489 e. The number of likely N-dealkylation sites (N-methyl/N-ethyl adjacent to an activating group) is 1. The van der Waals surface area contributed by atoms with E-state index in [1.54, 1.807) is 12.1 Å². The first-order chi connectivity index (χ1) is 12.6. The highest BCUT2D eigenvalue weighted by Gasteiger charge is 2.20. The third-order valence-electron chi connectivity index (χ3n) is 4.33. The number of nitrogens with zero attached hydrogens (tertiary/aromatic N) is 1. The molecule has 2 aromatic carbocycles. The molecule has 1 N–H and O–H groups in total. The number of rotatable bonds is 5. The molecule has 1 atom stereocenters. The predicted molar refractivity (Wildman–Crippen MR) is 102 cm³/mol. The molecule has 0 aromatic heterocycles. The molecule has 1 heterocycles. The molecule has 0 radical (unpaired) electrons. The zero-order valence-corrected chi connectivity index (χ0v) is 15.8. The summed E-state index contributed by atoms with van der Waals surface area (Å²) in [6.07, 6.45) is 0.786. The van der Waals surface area contributed by atoms with Crippen LogP contribution in [0.5, 0.6) is 11.5 Å². The Bertz CT molecular complexity index is 765. The minimum absolute atomic E-state index is 0.0797. The second kappa shape index (κ2) is 8.43. The maximum Gasteiger partial charge on any atom is 0.251 e. The Morgan fingerprint density at radius 1 is 1.19 bits per heavy atom. The monoisotopic (exact) mass is 374 g/mol. The quantitative estimate of drug-likeness (QED) is 0.869. The van der Waals surface area contributed by atoms with Gasteiger partial charge in [0.25, 0.3) is 5.91 Å². The van der Waals surface area contributed by atoms with Crippen molar-refractivity contribution in [1.29, 1.82) is 0 Å². The van der Waals surface area contributed by atoms with Crippen molar-refractivity contribution in [3.8, 4) is 11.5 Å². The van der Waals surface area contributed by atoms with Crippen molar-refractivity contribution in [3.63, 3.8) is 0 Å². The van der Waals surface area contributed by atoms with Crippen LogP contribution in [0.25, 0.3) is 0 Å². The molecule has 0 saturated carbocycles. The van der Waals surface area contributed by atoms with Gasteiger partial charge >= 0.3 is 0 Å². The molecule has 5 nitrogen and oxygen atoms in total. The Hall–Kier alpha value is -2.24. The highest BCUT2D eigenvalue weighted by Crippen LogP contribution is 2.38. The number of nitrogens with one attached hydrogen (secondary N) is 1. The summed E-state index contributed by atoms with van der Waals surface area (Å²) < 4.78 is 11.3. The summed E-state index contributed by atoms with van der Waals surface area (Å²) in [4.78, 5) is 14.7. The SMILES string of the molecule is CN(C)[C@@H](CNC(=O)c1cc(Cl)c2c(c1)OCCCO2)c1ccccc1.